The summed E-state index contributed by atoms with van der Waals surface area (Å²) in [7, 11) is 1.16. The van der Waals surface area contributed by atoms with Crippen molar-refractivity contribution < 1.29 is 22.7 Å². The van der Waals surface area contributed by atoms with Crippen molar-refractivity contribution in [3.8, 4) is 0 Å². The van der Waals surface area contributed by atoms with Gasteiger partial charge in [-0.3, -0.25) is 4.68 Å². The molecule has 0 aliphatic carbocycles. The van der Waals surface area contributed by atoms with Crippen LogP contribution in [0, 0.1) is 6.92 Å². The number of halogens is 4. The van der Waals surface area contributed by atoms with E-state index in [4.69, 9.17) is 0 Å². The standard InChI is InChI=1S/C9H10BrF3N2O2/c1-4-6(10)7(9(11,12)13)14-15(4)5(2)8(16)17-3/h5H,1-3H3/t5-/m0/s1. The van der Waals surface area contributed by atoms with Gasteiger partial charge in [-0.15, -0.1) is 0 Å². The van der Waals surface area contributed by atoms with Gasteiger partial charge in [0.15, 0.2) is 5.69 Å². The first-order chi connectivity index (χ1) is 7.70. The number of rotatable bonds is 2. The monoisotopic (exact) mass is 314 g/mol. The van der Waals surface area contributed by atoms with Crippen LogP contribution in [0.2, 0.25) is 0 Å². The van der Waals surface area contributed by atoms with Crippen LogP contribution < -0.4 is 0 Å². The average Bonchev–Trinajstić information content (AvgIpc) is 2.53. The molecule has 8 heteroatoms. The van der Waals surface area contributed by atoms with Crippen molar-refractivity contribution in [1.29, 1.82) is 0 Å². The quantitative estimate of drug-likeness (QED) is 0.788. The maximum Gasteiger partial charge on any atom is 0.436 e. The second kappa shape index (κ2) is 4.67. The van der Waals surface area contributed by atoms with E-state index in [9.17, 15) is 18.0 Å². The SMILES string of the molecule is COC(=O)[C@H](C)n1nc(C(F)(F)F)c(Br)c1C. The summed E-state index contributed by atoms with van der Waals surface area (Å²) in [6.45, 7) is 2.85. The van der Waals surface area contributed by atoms with Crippen LogP contribution in [0.15, 0.2) is 4.47 Å². The number of aromatic nitrogens is 2. The molecule has 0 aromatic carbocycles. The Kier molecular flexibility index (Phi) is 3.85. The van der Waals surface area contributed by atoms with Gasteiger partial charge in [-0.25, -0.2) is 4.79 Å². The van der Waals surface area contributed by atoms with Gasteiger partial charge in [0.25, 0.3) is 0 Å². The highest BCUT2D eigenvalue weighted by atomic mass is 79.9. The number of hydrogen-bond donors (Lipinski definition) is 0. The summed E-state index contributed by atoms with van der Waals surface area (Å²) >= 11 is 2.82. The Bertz CT molecular complexity index is 442. The number of carbonyl (C=O) groups is 1. The Morgan fingerprint density at radius 3 is 2.41 bits per heavy atom. The number of nitrogens with zero attached hydrogens (tertiary/aromatic N) is 2. The third kappa shape index (κ3) is 2.62. The van der Waals surface area contributed by atoms with Gasteiger partial charge in [-0.1, -0.05) is 0 Å². The summed E-state index contributed by atoms with van der Waals surface area (Å²) < 4.78 is 43.0. The average molecular weight is 315 g/mol. The number of ether oxygens (including phenoxy) is 1. The fourth-order valence-electron chi connectivity index (χ4n) is 1.33. The Morgan fingerprint density at radius 1 is 1.53 bits per heavy atom. The lowest BCUT2D eigenvalue weighted by atomic mass is 10.3. The normalized spacial score (nSPS) is 13.6. The summed E-state index contributed by atoms with van der Waals surface area (Å²) in [6, 6.07) is -0.910. The van der Waals surface area contributed by atoms with Crippen LogP contribution in [0.1, 0.15) is 24.4 Å². The van der Waals surface area contributed by atoms with Crippen molar-refractivity contribution in [3.63, 3.8) is 0 Å². The highest BCUT2D eigenvalue weighted by Crippen LogP contribution is 2.36. The van der Waals surface area contributed by atoms with Crippen LogP contribution in [0.4, 0.5) is 13.2 Å². The topological polar surface area (TPSA) is 44.1 Å². The van der Waals surface area contributed by atoms with Crippen LogP contribution >= 0.6 is 15.9 Å². The van der Waals surface area contributed by atoms with Crippen molar-refractivity contribution in [2.24, 2.45) is 0 Å². The summed E-state index contributed by atoms with van der Waals surface area (Å²) in [4.78, 5) is 11.3. The Hall–Kier alpha value is -1.05. The molecule has 0 N–H and O–H groups in total. The van der Waals surface area contributed by atoms with Crippen molar-refractivity contribution in [2.75, 3.05) is 7.11 Å². The van der Waals surface area contributed by atoms with Gasteiger partial charge >= 0.3 is 12.1 Å². The molecular formula is C9H10BrF3N2O2. The van der Waals surface area contributed by atoms with E-state index in [0.717, 1.165) is 11.8 Å². The summed E-state index contributed by atoms with van der Waals surface area (Å²) in [6.07, 6.45) is -4.56. The van der Waals surface area contributed by atoms with Crippen molar-refractivity contribution in [2.45, 2.75) is 26.1 Å². The molecule has 0 saturated carbocycles. The number of esters is 1. The van der Waals surface area contributed by atoms with Gasteiger partial charge < -0.3 is 4.74 Å². The zero-order valence-electron chi connectivity index (χ0n) is 9.30. The van der Waals surface area contributed by atoms with Crippen LogP contribution in [-0.4, -0.2) is 22.9 Å². The molecule has 1 aromatic rings. The second-order valence-electron chi connectivity index (χ2n) is 3.39. The molecule has 0 bridgehead atoms. The molecule has 1 rings (SSSR count). The summed E-state index contributed by atoms with van der Waals surface area (Å²) in [5.74, 6) is -0.656. The molecule has 0 spiro atoms. The fourth-order valence-corrected chi connectivity index (χ4v) is 1.81. The molecule has 1 heterocycles. The van der Waals surface area contributed by atoms with Crippen LogP contribution in [0.5, 0.6) is 0 Å². The highest BCUT2D eigenvalue weighted by Gasteiger charge is 2.39. The molecule has 0 unspecified atom stereocenters. The lowest BCUT2D eigenvalue weighted by Gasteiger charge is -2.11. The third-order valence-electron chi connectivity index (χ3n) is 2.25. The van der Waals surface area contributed by atoms with Gasteiger partial charge in [-0.2, -0.15) is 18.3 Å². The minimum atomic E-state index is -4.56. The minimum absolute atomic E-state index is 0.166. The molecular weight excluding hydrogens is 305 g/mol. The van der Waals surface area contributed by atoms with Gasteiger partial charge in [-0.05, 0) is 29.8 Å². The number of hydrogen-bond acceptors (Lipinski definition) is 3. The second-order valence-corrected chi connectivity index (χ2v) is 4.18. The summed E-state index contributed by atoms with van der Waals surface area (Å²) in [5.41, 5.74) is -0.832. The van der Waals surface area contributed by atoms with Gasteiger partial charge in [0.2, 0.25) is 0 Å². The molecule has 96 valence electrons. The maximum atomic E-state index is 12.6. The third-order valence-corrected chi connectivity index (χ3v) is 3.20. The number of methoxy groups -OCH3 is 1. The Balaban J connectivity index is 3.25. The van der Waals surface area contributed by atoms with Crippen molar-refractivity contribution in [1.82, 2.24) is 9.78 Å². The van der Waals surface area contributed by atoms with E-state index >= 15 is 0 Å². The maximum absolute atomic E-state index is 12.6. The first kappa shape index (κ1) is 14.0. The molecule has 4 nitrogen and oxygen atoms in total. The predicted octanol–water partition coefficient (Wildman–Crippen LogP) is 2.71. The molecule has 0 amide bonds. The van der Waals surface area contributed by atoms with Gasteiger partial charge in [0.1, 0.15) is 6.04 Å². The van der Waals surface area contributed by atoms with E-state index in [1.165, 1.54) is 13.8 Å². The highest BCUT2D eigenvalue weighted by molar-refractivity contribution is 9.10. The van der Waals surface area contributed by atoms with E-state index in [2.05, 4.69) is 25.8 Å². The lowest BCUT2D eigenvalue weighted by molar-refractivity contribution is -0.146. The van der Waals surface area contributed by atoms with Gasteiger partial charge in [0.05, 0.1) is 17.3 Å². The molecule has 1 atom stereocenters. The number of carbonyl (C=O) groups excluding carboxylic acids is 1. The summed E-state index contributed by atoms with van der Waals surface area (Å²) in [5, 5.41) is 3.39. The van der Waals surface area contributed by atoms with Crippen LogP contribution in [-0.2, 0) is 15.7 Å². The van der Waals surface area contributed by atoms with Crippen LogP contribution in [0.3, 0.4) is 0 Å². The molecule has 17 heavy (non-hydrogen) atoms. The van der Waals surface area contributed by atoms with Gasteiger partial charge in [0, 0.05) is 0 Å². The molecule has 0 fully saturated rings. The Labute approximate surface area is 104 Å². The molecule has 0 radical (unpaired) electrons. The molecule has 0 aliphatic rings. The molecule has 0 saturated heterocycles. The smallest absolute Gasteiger partial charge is 0.436 e. The van der Waals surface area contributed by atoms with Crippen LogP contribution in [0.25, 0.3) is 0 Å². The zero-order valence-corrected chi connectivity index (χ0v) is 10.9. The van der Waals surface area contributed by atoms with E-state index in [-0.39, 0.29) is 10.2 Å². The molecule has 1 aromatic heterocycles. The number of alkyl halides is 3. The van der Waals surface area contributed by atoms with E-state index < -0.39 is 23.9 Å². The first-order valence-electron chi connectivity index (χ1n) is 4.59. The lowest BCUT2D eigenvalue weighted by Crippen LogP contribution is -2.20. The van der Waals surface area contributed by atoms with E-state index in [0.29, 0.717) is 0 Å². The Morgan fingerprint density at radius 2 is 2.06 bits per heavy atom. The largest absolute Gasteiger partial charge is 0.467 e. The van der Waals surface area contributed by atoms with Crippen molar-refractivity contribution >= 4 is 21.9 Å². The predicted molar refractivity (Wildman–Crippen MR) is 56.4 cm³/mol. The molecule has 0 aliphatic heterocycles. The minimum Gasteiger partial charge on any atom is -0.467 e. The fraction of sp³-hybridized carbons (Fsp3) is 0.556. The van der Waals surface area contributed by atoms with Crippen molar-refractivity contribution in [3.05, 3.63) is 15.9 Å². The van der Waals surface area contributed by atoms with E-state index in [1.54, 1.807) is 0 Å². The first-order valence-corrected chi connectivity index (χ1v) is 5.39. The zero-order chi connectivity index (χ0) is 13.4. The van der Waals surface area contributed by atoms with E-state index in [1.807, 2.05) is 0 Å².